The lowest BCUT2D eigenvalue weighted by molar-refractivity contribution is 0.0204. The molecule has 0 spiro atoms. The maximum absolute atomic E-state index is 12.2. The minimum absolute atomic E-state index is 0.0532. The van der Waals surface area contributed by atoms with E-state index in [-0.39, 0.29) is 5.91 Å². The maximum atomic E-state index is 12.2. The fraction of sp³-hybridized carbons (Fsp3) is 0.571. The van der Waals surface area contributed by atoms with Crippen molar-refractivity contribution in [3.8, 4) is 0 Å². The molecule has 1 N–H and O–H groups in total. The normalized spacial score (nSPS) is 17.7. The first-order valence-electron chi connectivity index (χ1n) is 6.81. The van der Waals surface area contributed by atoms with Crippen LogP contribution in [0.2, 0.25) is 0 Å². The van der Waals surface area contributed by atoms with E-state index in [1.54, 1.807) is 12.3 Å². The minimum atomic E-state index is -0.0532. The predicted molar refractivity (Wildman–Crippen MR) is 80.2 cm³/mol. The Hall–Kier alpha value is -1.11. The SMILES string of the molecule is CSc1ncccc1C(=O)NCC(C)N1CCOCC1. The van der Waals surface area contributed by atoms with Crippen LogP contribution in [-0.2, 0) is 4.74 Å². The molecule has 1 amide bonds. The monoisotopic (exact) mass is 295 g/mol. The van der Waals surface area contributed by atoms with Crippen molar-refractivity contribution in [3.05, 3.63) is 23.9 Å². The van der Waals surface area contributed by atoms with Crippen LogP contribution in [-0.4, -0.2) is 60.9 Å². The zero-order chi connectivity index (χ0) is 14.4. The van der Waals surface area contributed by atoms with Crippen LogP contribution in [0.1, 0.15) is 17.3 Å². The predicted octanol–water partition coefficient (Wildman–Crippen LogP) is 1.25. The standard InChI is InChI=1S/C14H21N3O2S/c1-11(17-6-8-19-9-7-17)10-16-13(18)12-4-3-5-15-14(12)20-2/h3-5,11H,6-10H2,1-2H3,(H,16,18). The molecule has 5 nitrogen and oxygen atoms in total. The van der Waals surface area contributed by atoms with Crippen LogP contribution in [0.4, 0.5) is 0 Å². The van der Waals surface area contributed by atoms with Gasteiger partial charge in [-0.2, -0.15) is 0 Å². The highest BCUT2D eigenvalue weighted by Gasteiger charge is 2.18. The molecule has 1 unspecified atom stereocenters. The molecule has 0 saturated carbocycles. The summed E-state index contributed by atoms with van der Waals surface area (Å²) in [6, 6.07) is 3.92. The summed E-state index contributed by atoms with van der Waals surface area (Å²) in [5.74, 6) is -0.0532. The molecular weight excluding hydrogens is 274 g/mol. The molecular formula is C14H21N3O2S. The molecule has 1 aromatic heterocycles. The summed E-state index contributed by atoms with van der Waals surface area (Å²) < 4.78 is 5.34. The number of thioether (sulfide) groups is 1. The number of pyridine rings is 1. The lowest BCUT2D eigenvalue weighted by Gasteiger charge is -2.32. The number of aromatic nitrogens is 1. The van der Waals surface area contributed by atoms with Gasteiger partial charge < -0.3 is 10.1 Å². The third-order valence-electron chi connectivity index (χ3n) is 3.44. The highest BCUT2D eigenvalue weighted by Crippen LogP contribution is 2.16. The van der Waals surface area contributed by atoms with E-state index in [9.17, 15) is 4.79 Å². The molecule has 20 heavy (non-hydrogen) atoms. The Bertz CT molecular complexity index is 450. The number of carbonyl (C=O) groups excluding carboxylic acids is 1. The van der Waals surface area contributed by atoms with E-state index >= 15 is 0 Å². The van der Waals surface area contributed by atoms with Crippen LogP contribution < -0.4 is 5.32 Å². The van der Waals surface area contributed by atoms with E-state index in [0.717, 1.165) is 31.3 Å². The molecule has 1 aliphatic heterocycles. The van der Waals surface area contributed by atoms with E-state index in [2.05, 4.69) is 22.1 Å². The summed E-state index contributed by atoms with van der Waals surface area (Å²) in [7, 11) is 0. The van der Waals surface area contributed by atoms with Crippen LogP contribution in [0.3, 0.4) is 0 Å². The maximum Gasteiger partial charge on any atom is 0.254 e. The van der Waals surface area contributed by atoms with E-state index in [1.165, 1.54) is 11.8 Å². The van der Waals surface area contributed by atoms with Crippen molar-refractivity contribution >= 4 is 17.7 Å². The molecule has 1 fully saturated rings. The molecule has 2 rings (SSSR count). The first-order valence-corrected chi connectivity index (χ1v) is 8.04. The molecule has 1 aromatic rings. The molecule has 0 bridgehead atoms. The van der Waals surface area contributed by atoms with Crippen molar-refractivity contribution in [2.75, 3.05) is 39.1 Å². The molecule has 0 aromatic carbocycles. The third-order valence-corrected chi connectivity index (χ3v) is 4.15. The third kappa shape index (κ3) is 3.94. The van der Waals surface area contributed by atoms with E-state index in [4.69, 9.17) is 4.74 Å². The molecule has 1 saturated heterocycles. The Kier molecular flexibility index (Phi) is 5.82. The topological polar surface area (TPSA) is 54.5 Å². The molecule has 1 atom stereocenters. The number of ether oxygens (including phenoxy) is 1. The summed E-state index contributed by atoms with van der Waals surface area (Å²) in [6.45, 7) is 6.18. The van der Waals surface area contributed by atoms with Gasteiger partial charge in [-0.25, -0.2) is 4.98 Å². The van der Waals surface area contributed by atoms with Crippen molar-refractivity contribution < 1.29 is 9.53 Å². The van der Waals surface area contributed by atoms with Crippen molar-refractivity contribution in [2.45, 2.75) is 18.0 Å². The molecule has 110 valence electrons. The molecule has 1 aliphatic rings. The highest BCUT2D eigenvalue weighted by atomic mass is 32.2. The van der Waals surface area contributed by atoms with Gasteiger partial charge in [0.2, 0.25) is 0 Å². The fourth-order valence-corrected chi connectivity index (χ4v) is 2.76. The van der Waals surface area contributed by atoms with Gasteiger partial charge >= 0.3 is 0 Å². The van der Waals surface area contributed by atoms with Crippen LogP contribution in [0.5, 0.6) is 0 Å². The van der Waals surface area contributed by atoms with Gasteiger partial charge in [-0.05, 0) is 25.3 Å². The van der Waals surface area contributed by atoms with Gasteiger partial charge in [-0.15, -0.1) is 11.8 Å². The zero-order valence-electron chi connectivity index (χ0n) is 12.0. The van der Waals surface area contributed by atoms with Crippen molar-refractivity contribution in [1.29, 1.82) is 0 Å². The average Bonchev–Trinajstić information content (AvgIpc) is 2.53. The van der Waals surface area contributed by atoms with E-state index in [0.29, 0.717) is 18.2 Å². The first kappa shape index (κ1) is 15.3. The Morgan fingerprint density at radius 2 is 2.30 bits per heavy atom. The zero-order valence-corrected chi connectivity index (χ0v) is 12.8. The number of rotatable bonds is 5. The Balaban J connectivity index is 1.88. The van der Waals surface area contributed by atoms with Gasteiger partial charge in [-0.3, -0.25) is 9.69 Å². The number of hydrogen-bond donors (Lipinski definition) is 1. The summed E-state index contributed by atoms with van der Waals surface area (Å²) in [5, 5.41) is 3.76. The number of nitrogens with zero attached hydrogens (tertiary/aromatic N) is 2. The Morgan fingerprint density at radius 1 is 1.55 bits per heavy atom. The number of nitrogens with one attached hydrogen (secondary N) is 1. The summed E-state index contributed by atoms with van der Waals surface area (Å²) >= 11 is 1.49. The van der Waals surface area contributed by atoms with Crippen LogP contribution in [0.25, 0.3) is 0 Å². The van der Waals surface area contributed by atoms with Gasteiger partial charge in [-0.1, -0.05) is 0 Å². The van der Waals surface area contributed by atoms with Crippen LogP contribution in [0.15, 0.2) is 23.4 Å². The number of morpholine rings is 1. The summed E-state index contributed by atoms with van der Waals surface area (Å²) in [6.07, 6.45) is 3.63. The number of carbonyl (C=O) groups is 1. The highest BCUT2D eigenvalue weighted by molar-refractivity contribution is 7.98. The smallest absolute Gasteiger partial charge is 0.254 e. The molecule has 2 heterocycles. The molecule has 6 heteroatoms. The van der Waals surface area contributed by atoms with Crippen molar-refractivity contribution in [3.63, 3.8) is 0 Å². The minimum Gasteiger partial charge on any atom is -0.379 e. The van der Waals surface area contributed by atoms with Gasteiger partial charge in [0.25, 0.3) is 5.91 Å². The Labute approximate surface area is 124 Å². The van der Waals surface area contributed by atoms with Crippen molar-refractivity contribution in [1.82, 2.24) is 15.2 Å². The molecule has 0 radical (unpaired) electrons. The number of amides is 1. The second-order valence-corrected chi connectivity index (χ2v) is 5.56. The summed E-state index contributed by atoms with van der Waals surface area (Å²) in [4.78, 5) is 18.8. The van der Waals surface area contributed by atoms with Gasteiger partial charge in [0, 0.05) is 31.9 Å². The molecule has 0 aliphatic carbocycles. The van der Waals surface area contributed by atoms with Gasteiger partial charge in [0.1, 0.15) is 5.03 Å². The quantitative estimate of drug-likeness (QED) is 0.829. The second kappa shape index (κ2) is 7.61. The van der Waals surface area contributed by atoms with E-state index in [1.807, 2.05) is 12.3 Å². The fourth-order valence-electron chi connectivity index (χ4n) is 2.21. The number of hydrogen-bond acceptors (Lipinski definition) is 5. The first-order chi connectivity index (χ1) is 9.72. The average molecular weight is 295 g/mol. The lowest BCUT2D eigenvalue weighted by atomic mass is 10.2. The summed E-state index contributed by atoms with van der Waals surface area (Å²) in [5.41, 5.74) is 0.647. The largest absolute Gasteiger partial charge is 0.379 e. The second-order valence-electron chi connectivity index (χ2n) is 4.77. The lowest BCUT2D eigenvalue weighted by Crippen LogP contribution is -2.47. The van der Waals surface area contributed by atoms with Crippen LogP contribution >= 0.6 is 11.8 Å². The van der Waals surface area contributed by atoms with Gasteiger partial charge in [0.05, 0.1) is 18.8 Å². The Morgan fingerprint density at radius 3 is 3.00 bits per heavy atom. The van der Waals surface area contributed by atoms with E-state index < -0.39 is 0 Å². The van der Waals surface area contributed by atoms with Gasteiger partial charge in [0.15, 0.2) is 0 Å². The van der Waals surface area contributed by atoms with Crippen LogP contribution in [0, 0.1) is 0 Å². The van der Waals surface area contributed by atoms with Crippen molar-refractivity contribution in [2.24, 2.45) is 0 Å².